The number of benzene rings is 1. The zero-order valence-corrected chi connectivity index (χ0v) is 11.3. The van der Waals surface area contributed by atoms with E-state index < -0.39 is 16.4 Å². The van der Waals surface area contributed by atoms with Crippen molar-refractivity contribution in [3.63, 3.8) is 0 Å². The summed E-state index contributed by atoms with van der Waals surface area (Å²) in [6.45, 7) is 2.55. The van der Waals surface area contributed by atoms with Gasteiger partial charge in [-0.1, -0.05) is 6.92 Å². The maximum absolute atomic E-state index is 13.0. The molecule has 1 atom stereocenters. The van der Waals surface area contributed by atoms with Crippen LogP contribution in [0, 0.1) is 21.8 Å². The molecule has 0 saturated carbocycles. The summed E-state index contributed by atoms with van der Waals surface area (Å²) in [7, 11) is 0. The second kappa shape index (κ2) is 7.54. The maximum Gasteiger partial charge on any atom is 0.295 e. The number of carbonyl (C=O) groups is 1. The van der Waals surface area contributed by atoms with E-state index in [0.717, 1.165) is 18.6 Å². The summed E-state index contributed by atoms with van der Waals surface area (Å²) in [5.41, 5.74) is 4.97. The summed E-state index contributed by atoms with van der Waals surface area (Å²) in [5, 5.41) is 13.2. The molecular weight excluding hydrogens is 265 g/mol. The van der Waals surface area contributed by atoms with Crippen molar-refractivity contribution in [2.75, 3.05) is 11.9 Å². The average molecular weight is 283 g/mol. The predicted octanol–water partition coefficient (Wildman–Crippen LogP) is 2.44. The first-order valence-electron chi connectivity index (χ1n) is 6.38. The van der Waals surface area contributed by atoms with Crippen molar-refractivity contribution >= 4 is 17.3 Å². The van der Waals surface area contributed by atoms with Gasteiger partial charge in [-0.25, -0.2) is 4.39 Å². The Hall–Kier alpha value is -2.02. The Morgan fingerprint density at radius 2 is 2.20 bits per heavy atom. The van der Waals surface area contributed by atoms with Crippen molar-refractivity contribution in [1.82, 2.24) is 0 Å². The molecule has 110 valence electrons. The van der Waals surface area contributed by atoms with Gasteiger partial charge in [-0.2, -0.15) is 0 Å². The lowest BCUT2D eigenvalue weighted by Gasteiger charge is -2.10. The third-order valence-electron chi connectivity index (χ3n) is 2.95. The van der Waals surface area contributed by atoms with Crippen molar-refractivity contribution in [2.45, 2.75) is 26.2 Å². The highest BCUT2D eigenvalue weighted by molar-refractivity contribution is 5.93. The summed E-state index contributed by atoms with van der Waals surface area (Å²) in [6, 6.07) is 3.04. The molecule has 0 spiro atoms. The lowest BCUT2D eigenvalue weighted by atomic mass is 10.0. The number of nitrogens with one attached hydrogen (secondary N) is 1. The number of anilines is 1. The molecule has 0 saturated heterocycles. The van der Waals surface area contributed by atoms with Gasteiger partial charge in [-0.15, -0.1) is 0 Å². The van der Waals surface area contributed by atoms with E-state index in [1.54, 1.807) is 0 Å². The molecule has 0 aliphatic rings. The average Bonchev–Trinajstić information content (AvgIpc) is 2.38. The number of hydrogen-bond acceptors (Lipinski definition) is 4. The van der Waals surface area contributed by atoms with Gasteiger partial charge in [-0.3, -0.25) is 14.9 Å². The molecule has 0 heterocycles. The highest BCUT2D eigenvalue weighted by Gasteiger charge is 2.17. The van der Waals surface area contributed by atoms with Crippen LogP contribution in [0.5, 0.6) is 0 Å². The fourth-order valence-corrected chi connectivity index (χ4v) is 1.78. The molecule has 6 nitrogen and oxygen atoms in total. The molecule has 1 rings (SSSR count). The van der Waals surface area contributed by atoms with Crippen LogP contribution in [-0.2, 0) is 4.79 Å². The van der Waals surface area contributed by atoms with Gasteiger partial charge < -0.3 is 11.1 Å². The van der Waals surface area contributed by atoms with Gasteiger partial charge in [0.1, 0.15) is 11.5 Å². The van der Waals surface area contributed by atoms with Crippen LogP contribution in [0.25, 0.3) is 0 Å². The Balaban J connectivity index is 2.64. The van der Waals surface area contributed by atoms with Crippen LogP contribution >= 0.6 is 0 Å². The van der Waals surface area contributed by atoms with E-state index in [-0.39, 0.29) is 18.0 Å². The molecule has 1 aromatic carbocycles. The molecule has 0 aliphatic carbocycles. The lowest BCUT2D eigenvalue weighted by molar-refractivity contribution is -0.384. The topological polar surface area (TPSA) is 98.3 Å². The van der Waals surface area contributed by atoms with E-state index in [1.165, 1.54) is 6.07 Å². The molecule has 0 radical (unpaired) electrons. The minimum Gasteiger partial charge on any atom is -0.330 e. The number of nitrogens with zero attached hydrogens (tertiary/aromatic N) is 1. The largest absolute Gasteiger partial charge is 0.330 e. The number of rotatable bonds is 7. The minimum absolute atomic E-state index is 0.00729. The van der Waals surface area contributed by atoms with Gasteiger partial charge >= 0.3 is 0 Å². The predicted molar refractivity (Wildman–Crippen MR) is 73.8 cm³/mol. The van der Waals surface area contributed by atoms with Crippen LogP contribution in [0.1, 0.15) is 26.2 Å². The van der Waals surface area contributed by atoms with E-state index in [9.17, 15) is 19.3 Å². The number of nitrogens with two attached hydrogens (primary N) is 1. The first kappa shape index (κ1) is 16.0. The van der Waals surface area contributed by atoms with Crippen LogP contribution in [0.4, 0.5) is 15.8 Å². The fraction of sp³-hybridized carbons (Fsp3) is 0.462. The first-order valence-corrected chi connectivity index (χ1v) is 6.38. The zero-order chi connectivity index (χ0) is 15.1. The SMILES string of the molecule is CC(CCN)CCC(=O)Nc1ccc(F)cc1[N+](=O)[O-]. The minimum atomic E-state index is -0.726. The second-order valence-electron chi connectivity index (χ2n) is 4.69. The van der Waals surface area contributed by atoms with Crippen molar-refractivity contribution in [3.05, 3.63) is 34.1 Å². The number of hydrogen-bond donors (Lipinski definition) is 2. The van der Waals surface area contributed by atoms with Crippen molar-refractivity contribution in [3.8, 4) is 0 Å². The molecule has 0 fully saturated rings. The third kappa shape index (κ3) is 4.93. The number of halogens is 1. The monoisotopic (exact) mass is 283 g/mol. The van der Waals surface area contributed by atoms with E-state index in [0.29, 0.717) is 18.9 Å². The highest BCUT2D eigenvalue weighted by atomic mass is 19.1. The molecule has 1 unspecified atom stereocenters. The van der Waals surface area contributed by atoms with Crippen LogP contribution in [-0.4, -0.2) is 17.4 Å². The summed E-state index contributed by atoms with van der Waals surface area (Å²) >= 11 is 0. The third-order valence-corrected chi connectivity index (χ3v) is 2.95. The van der Waals surface area contributed by atoms with Crippen LogP contribution in [0.3, 0.4) is 0 Å². The van der Waals surface area contributed by atoms with Gasteiger partial charge in [0.05, 0.1) is 11.0 Å². The second-order valence-corrected chi connectivity index (χ2v) is 4.69. The van der Waals surface area contributed by atoms with E-state index in [2.05, 4.69) is 5.32 Å². The molecule has 1 aromatic rings. The summed E-state index contributed by atoms with van der Waals surface area (Å²) in [5.74, 6) is -0.733. The van der Waals surface area contributed by atoms with Crippen molar-refractivity contribution < 1.29 is 14.1 Å². The molecular formula is C13H18FN3O3. The van der Waals surface area contributed by atoms with Crippen molar-refractivity contribution in [1.29, 1.82) is 0 Å². The number of nitro groups is 1. The normalized spacial score (nSPS) is 11.9. The smallest absolute Gasteiger partial charge is 0.295 e. The van der Waals surface area contributed by atoms with Crippen molar-refractivity contribution in [2.24, 2.45) is 11.7 Å². The summed E-state index contributed by atoms with van der Waals surface area (Å²) in [4.78, 5) is 21.8. The van der Waals surface area contributed by atoms with Gasteiger partial charge in [0.15, 0.2) is 0 Å². The van der Waals surface area contributed by atoms with Gasteiger partial charge in [-0.05, 0) is 37.4 Å². The molecule has 0 bridgehead atoms. The standard InChI is InChI=1S/C13H18FN3O3/c1-9(6-7-15)2-5-13(18)16-11-4-3-10(14)8-12(11)17(19)20/h3-4,8-9H,2,5-7,15H2,1H3,(H,16,18). The number of amides is 1. The Morgan fingerprint density at radius 1 is 1.50 bits per heavy atom. The number of carbonyl (C=O) groups excluding carboxylic acids is 1. The molecule has 1 amide bonds. The zero-order valence-electron chi connectivity index (χ0n) is 11.3. The Labute approximate surface area is 116 Å². The molecule has 7 heteroatoms. The van der Waals surface area contributed by atoms with Gasteiger partial charge in [0.2, 0.25) is 5.91 Å². The Kier molecular flexibility index (Phi) is 6.05. The molecule has 3 N–H and O–H groups in total. The molecule has 0 aromatic heterocycles. The highest BCUT2D eigenvalue weighted by Crippen LogP contribution is 2.25. The number of nitro benzene ring substituents is 1. The summed E-state index contributed by atoms with van der Waals surface area (Å²) in [6.07, 6.45) is 1.72. The molecule has 0 aliphatic heterocycles. The fourth-order valence-electron chi connectivity index (χ4n) is 1.78. The van der Waals surface area contributed by atoms with E-state index in [4.69, 9.17) is 5.73 Å². The van der Waals surface area contributed by atoms with E-state index in [1.807, 2.05) is 6.92 Å². The Morgan fingerprint density at radius 3 is 2.80 bits per heavy atom. The van der Waals surface area contributed by atoms with E-state index >= 15 is 0 Å². The van der Waals surface area contributed by atoms with Crippen LogP contribution in [0.2, 0.25) is 0 Å². The van der Waals surface area contributed by atoms with Crippen LogP contribution < -0.4 is 11.1 Å². The Bertz CT molecular complexity index is 494. The van der Waals surface area contributed by atoms with Gasteiger partial charge in [0, 0.05) is 6.42 Å². The molecule has 20 heavy (non-hydrogen) atoms. The quantitative estimate of drug-likeness (QED) is 0.593. The van der Waals surface area contributed by atoms with Gasteiger partial charge in [0.25, 0.3) is 5.69 Å². The van der Waals surface area contributed by atoms with Crippen LogP contribution in [0.15, 0.2) is 18.2 Å². The first-order chi connectivity index (χ1) is 9.43. The lowest BCUT2D eigenvalue weighted by Crippen LogP contribution is -2.15. The maximum atomic E-state index is 13.0. The summed E-state index contributed by atoms with van der Waals surface area (Å²) < 4.78 is 13.0.